The molecule has 1 aliphatic heterocycles. The van der Waals surface area contributed by atoms with Crippen molar-refractivity contribution in [2.75, 3.05) is 19.6 Å². The Bertz CT molecular complexity index is 748. The van der Waals surface area contributed by atoms with E-state index in [2.05, 4.69) is 15.2 Å². The Balaban J connectivity index is 1.74. The minimum absolute atomic E-state index is 0.0490. The first-order valence-electron chi connectivity index (χ1n) is 8.10. The molecule has 2 heterocycles. The largest absolute Gasteiger partial charge is 0.350 e. The van der Waals surface area contributed by atoms with Gasteiger partial charge in [0.15, 0.2) is 0 Å². The Morgan fingerprint density at radius 2 is 1.96 bits per heavy atom. The number of H-pyrrole nitrogens is 1. The van der Waals surface area contributed by atoms with Crippen molar-refractivity contribution in [2.24, 2.45) is 0 Å². The summed E-state index contributed by atoms with van der Waals surface area (Å²) in [7, 11) is 0. The maximum absolute atomic E-state index is 12.3. The molecule has 1 aromatic carbocycles. The Kier molecular flexibility index (Phi) is 5.33. The van der Waals surface area contributed by atoms with Crippen LogP contribution in [0.25, 0.3) is 0 Å². The fourth-order valence-corrected chi connectivity index (χ4v) is 3.34. The minimum atomic E-state index is -0.224. The van der Waals surface area contributed by atoms with Crippen molar-refractivity contribution >= 4 is 17.5 Å². The second-order valence-corrected chi connectivity index (χ2v) is 6.34. The van der Waals surface area contributed by atoms with Crippen LogP contribution in [-0.4, -0.2) is 35.4 Å². The number of rotatable bonds is 5. The molecule has 6 heteroatoms. The number of nitrogens with zero attached hydrogens (tertiary/aromatic N) is 1. The summed E-state index contributed by atoms with van der Waals surface area (Å²) < 4.78 is 0. The van der Waals surface area contributed by atoms with Crippen LogP contribution in [0, 0.1) is 0 Å². The molecular formula is C18H20ClN3O2. The summed E-state index contributed by atoms with van der Waals surface area (Å²) in [6.07, 6.45) is 3.75. The number of carbonyl (C=O) groups excluding carboxylic acids is 1. The van der Waals surface area contributed by atoms with Crippen molar-refractivity contribution in [1.29, 1.82) is 0 Å². The highest BCUT2D eigenvalue weighted by molar-refractivity contribution is 6.31. The van der Waals surface area contributed by atoms with Gasteiger partial charge >= 0.3 is 0 Å². The van der Waals surface area contributed by atoms with E-state index in [4.69, 9.17) is 11.6 Å². The molecule has 2 N–H and O–H groups in total. The normalized spacial score (nSPS) is 16.0. The number of aromatic amines is 1. The molecule has 5 nitrogen and oxygen atoms in total. The molecule has 2 aromatic rings. The first-order chi connectivity index (χ1) is 11.6. The highest BCUT2D eigenvalue weighted by Gasteiger charge is 2.25. The maximum atomic E-state index is 12.3. The number of pyridine rings is 1. The molecule has 0 saturated carbocycles. The average Bonchev–Trinajstić information content (AvgIpc) is 3.11. The zero-order valence-corrected chi connectivity index (χ0v) is 14.1. The second-order valence-electron chi connectivity index (χ2n) is 5.93. The lowest BCUT2D eigenvalue weighted by atomic mass is 10.1. The van der Waals surface area contributed by atoms with Crippen LogP contribution in [-0.2, 0) is 0 Å². The lowest BCUT2D eigenvalue weighted by molar-refractivity contribution is 0.0937. The van der Waals surface area contributed by atoms with Gasteiger partial charge in [-0.2, -0.15) is 0 Å². The van der Waals surface area contributed by atoms with Crippen molar-refractivity contribution in [3.8, 4) is 0 Å². The standard InChI is InChI=1S/C18H20ClN3O2/c19-15-6-2-1-5-14(15)16(22-9-3-4-10-22)12-21-18(24)13-7-8-17(23)20-11-13/h1-2,5-8,11,16H,3-4,9-10,12H2,(H,20,23)(H,21,24). The van der Waals surface area contributed by atoms with Crippen LogP contribution < -0.4 is 10.9 Å². The topological polar surface area (TPSA) is 65.2 Å². The van der Waals surface area contributed by atoms with Crippen LogP contribution in [0.4, 0.5) is 0 Å². The highest BCUT2D eigenvalue weighted by atomic mass is 35.5. The molecule has 1 atom stereocenters. The predicted molar refractivity (Wildman–Crippen MR) is 94.4 cm³/mol. The first-order valence-corrected chi connectivity index (χ1v) is 8.48. The molecule has 126 valence electrons. The van der Waals surface area contributed by atoms with E-state index in [1.807, 2.05) is 24.3 Å². The lowest BCUT2D eigenvalue weighted by Crippen LogP contribution is -2.37. The minimum Gasteiger partial charge on any atom is -0.350 e. The quantitative estimate of drug-likeness (QED) is 0.875. The number of benzene rings is 1. The fourth-order valence-electron chi connectivity index (χ4n) is 3.08. The molecule has 1 fully saturated rings. The number of carbonyl (C=O) groups is 1. The molecule has 24 heavy (non-hydrogen) atoms. The maximum Gasteiger partial charge on any atom is 0.252 e. The van der Waals surface area contributed by atoms with E-state index in [1.165, 1.54) is 18.3 Å². The molecule has 1 aromatic heterocycles. The second kappa shape index (κ2) is 7.64. The molecule has 1 unspecified atom stereocenters. The van der Waals surface area contributed by atoms with Crippen LogP contribution in [0.5, 0.6) is 0 Å². The van der Waals surface area contributed by atoms with E-state index < -0.39 is 0 Å². The van der Waals surface area contributed by atoms with Gasteiger partial charge in [0.05, 0.1) is 11.6 Å². The van der Waals surface area contributed by atoms with E-state index >= 15 is 0 Å². The zero-order valence-electron chi connectivity index (χ0n) is 13.3. The Morgan fingerprint density at radius 1 is 1.21 bits per heavy atom. The van der Waals surface area contributed by atoms with Gasteiger partial charge in [0.25, 0.3) is 5.91 Å². The van der Waals surface area contributed by atoms with Gasteiger partial charge in [-0.25, -0.2) is 0 Å². The molecule has 1 amide bonds. The van der Waals surface area contributed by atoms with Gasteiger partial charge in [-0.15, -0.1) is 0 Å². The summed E-state index contributed by atoms with van der Waals surface area (Å²) in [5.74, 6) is -0.206. The number of nitrogens with one attached hydrogen (secondary N) is 2. The molecule has 1 saturated heterocycles. The van der Waals surface area contributed by atoms with Gasteiger partial charge in [-0.05, 0) is 43.6 Å². The molecule has 3 rings (SSSR count). The Morgan fingerprint density at radius 3 is 2.62 bits per heavy atom. The summed E-state index contributed by atoms with van der Waals surface area (Å²) in [4.78, 5) is 28.3. The van der Waals surface area contributed by atoms with Gasteiger partial charge in [0.1, 0.15) is 0 Å². The number of hydrogen-bond acceptors (Lipinski definition) is 3. The van der Waals surface area contributed by atoms with E-state index in [1.54, 1.807) is 0 Å². The number of amides is 1. The lowest BCUT2D eigenvalue weighted by Gasteiger charge is -2.29. The van der Waals surface area contributed by atoms with Crippen LogP contribution in [0.15, 0.2) is 47.4 Å². The van der Waals surface area contributed by atoms with Gasteiger partial charge < -0.3 is 10.3 Å². The van der Waals surface area contributed by atoms with Crippen molar-refractivity contribution in [1.82, 2.24) is 15.2 Å². The third-order valence-electron chi connectivity index (χ3n) is 4.35. The van der Waals surface area contributed by atoms with Gasteiger partial charge in [0.2, 0.25) is 5.56 Å². The molecule has 0 spiro atoms. The average molecular weight is 346 g/mol. The van der Waals surface area contributed by atoms with Crippen molar-refractivity contribution in [2.45, 2.75) is 18.9 Å². The molecular weight excluding hydrogens is 326 g/mol. The zero-order chi connectivity index (χ0) is 16.9. The number of likely N-dealkylation sites (tertiary alicyclic amines) is 1. The monoisotopic (exact) mass is 345 g/mol. The fraction of sp³-hybridized carbons (Fsp3) is 0.333. The van der Waals surface area contributed by atoms with Crippen molar-refractivity contribution in [3.05, 3.63) is 69.1 Å². The summed E-state index contributed by atoms with van der Waals surface area (Å²) in [5.41, 5.74) is 1.24. The number of hydrogen-bond donors (Lipinski definition) is 2. The Labute approximate surface area is 145 Å². The smallest absolute Gasteiger partial charge is 0.252 e. The molecule has 1 aliphatic rings. The van der Waals surface area contributed by atoms with E-state index in [0.717, 1.165) is 31.5 Å². The van der Waals surface area contributed by atoms with E-state index in [-0.39, 0.29) is 17.5 Å². The molecule has 0 aliphatic carbocycles. The van der Waals surface area contributed by atoms with Crippen molar-refractivity contribution < 1.29 is 4.79 Å². The summed E-state index contributed by atoms with van der Waals surface area (Å²) in [5, 5.41) is 3.68. The van der Waals surface area contributed by atoms with Crippen LogP contribution >= 0.6 is 11.6 Å². The van der Waals surface area contributed by atoms with E-state index in [9.17, 15) is 9.59 Å². The summed E-state index contributed by atoms with van der Waals surface area (Å²) >= 11 is 6.37. The third kappa shape index (κ3) is 3.86. The van der Waals surface area contributed by atoms with Crippen molar-refractivity contribution in [3.63, 3.8) is 0 Å². The third-order valence-corrected chi connectivity index (χ3v) is 4.69. The van der Waals surface area contributed by atoms with E-state index in [0.29, 0.717) is 17.1 Å². The molecule has 0 radical (unpaired) electrons. The summed E-state index contributed by atoms with van der Waals surface area (Å²) in [6, 6.07) is 10.7. The number of halogens is 1. The summed E-state index contributed by atoms with van der Waals surface area (Å²) in [6.45, 7) is 2.48. The molecule has 0 bridgehead atoms. The van der Waals surface area contributed by atoms with Gasteiger partial charge in [-0.3, -0.25) is 14.5 Å². The van der Waals surface area contributed by atoms with Crippen LogP contribution in [0.2, 0.25) is 5.02 Å². The number of aromatic nitrogens is 1. The van der Waals surface area contributed by atoms with Gasteiger partial charge in [0, 0.05) is 23.8 Å². The predicted octanol–water partition coefficient (Wildman–Crippen LogP) is 2.60. The van der Waals surface area contributed by atoms with Crippen LogP contribution in [0.1, 0.15) is 34.8 Å². The highest BCUT2D eigenvalue weighted by Crippen LogP contribution is 2.29. The van der Waals surface area contributed by atoms with Gasteiger partial charge in [-0.1, -0.05) is 29.8 Å². The SMILES string of the molecule is O=C(NCC(c1ccccc1Cl)N1CCCC1)c1ccc(=O)[nH]c1. The Hall–Kier alpha value is -2.11. The van der Waals surface area contributed by atoms with Crippen LogP contribution in [0.3, 0.4) is 0 Å². The first kappa shape index (κ1) is 16.7.